The fourth-order valence-corrected chi connectivity index (χ4v) is 2.80. The van der Waals surface area contributed by atoms with Gasteiger partial charge in [0.05, 0.1) is 0 Å². The fourth-order valence-electron chi connectivity index (χ4n) is 1.92. The van der Waals surface area contributed by atoms with E-state index in [0.717, 1.165) is 23.6 Å². The normalized spacial score (nSPS) is 25.8. The van der Waals surface area contributed by atoms with Crippen molar-refractivity contribution < 1.29 is 13.2 Å². The molecule has 0 spiro atoms. The first-order valence-electron chi connectivity index (χ1n) is 5.58. The van der Waals surface area contributed by atoms with Gasteiger partial charge in [0.15, 0.2) is 0 Å². The second-order valence-electron chi connectivity index (χ2n) is 4.41. The van der Waals surface area contributed by atoms with Crippen molar-refractivity contribution in [1.82, 2.24) is 14.3 Å². The molecule has 0 saturated heterocycles. The molecule has 1 aliphatic carbocycles. The van der Waals surface area contributed by atoms with Gasteiger partial charge in [0.1, 0.15) is 0 Å². The van der Waals surface area contributed by atoms with E-state index in [1.165, 1.54) is 14.1 Å². The number of primary amides is 1. The van der Waals surface area contributed by atoms with Crippen LogP contribution in [0.3, 0.4) is 0 Å². The van der Waals surface area contributed by atoms with Crippen LogP contribution in [-0.2, 0) is 10.2 Å². The zero-order valence-electron chi connectivity index (χ0n) is 10.1. The number of hydrogen-bond acceptors (Lipinski definition) is 3. The van der Waals surface area contributed by atoms with Crippen LogP contribution in [0.25, 0.3) is 0 Å². The van der Waals surface area contributed by atoms with Crippen molar-refractivity contribution in [2.45, 2.75) is 37.8 Å². The maximum absolute atomic E-state index is 11.7. The third-order valence-corrected chi connectivity index (χ3v) is 4.44. The van der Waals surface area contributed by atoms with E-state index >= 15 is 0 Å². The molecule has 0 aromatic heterocycles. The van der Waals surface area contributed by atoms with Gasteiger partial charge in [-0.25, -0.2) is 4.79 Å². The largest absolute Gasteiger partial charge is 0.352 e. The molecule has 2 amide bonds. The SMILES string of the molecule is CN(C)S(=O)(=O)N[C@@H]1CCCC[C@H]1NC(N)=O. The summed E-state index contributed by atoms with van der Waals surface area (Å²) in [6.07, 6.45) is 3.35. The summed E-state index contributed by atoms with van der Waals surface area (Å²) in [7, 11) is -0.555. The molecule has 0 bridgehead atoms. The summed E-state index contributed by atoms with van der Waals surface area (Å²) in [4.78, 5) is 10.8. The number of carbonyl (C=O) groups excluding carboxylic acids is 1. The Morgan fingerprint density at radius 2 is 1.76 bits per heavy atom. The minimum absolute atomic E-state index is 0.226. The molecule has 1 rings (SSSR count). The van der Waals surface area contributed by atoms with E-state index in [1.54, 1.807) is 0 Å². The van der Waals surface area contributed by atoms with Crippen LogP contribution in [-0.4, -0.2) is 44.9 Å². The van der Waals surface area contributed by atoms with E-state index in [4.69, 9.17) is 5.73 Å². The number of nitrogens with one attached hydrogen (secondary N) is 2. The fraction of sp³-hybridized carbons (Fsp3) is 0.889. The maximum atomic E-state index is 11.7. The summed E-state index contributed by atoms with van der Waals surface area (Å²) in [6, 6.07) is -1.13. The molecule has 4 N–H and O–H groups in total. The molecule has 1 aliphatic rings. The third-order valence-electron chi connectivity index (χ3n) is 2.87. The van der Waals surface area contributed by atoms with Gasteiger partial charge in [0, 0.05) is 26.2 Å². The van der Waals surface area contributed by atoms with Gasteiger partial charge in [0.2, 0.25) is 0 Å². The summed E-state index contributed by atoms with van der Waals surface area (Å²) in [5, 5.41) is 2.59. The highest BCUT2D eigenvalue weighted by Crippen LogP contribution is 2.19. The van der Waals surface area contributed by atoms with Crippen molar-refractivity contribution in [2.75, 3.05) is 14.1 Å². The number of carbonyl (C=O) groups is 1. The van der Waals surface area contributed by atoms with Crippen molar-refractivity contribution in [2.24, 2.45) is 5.73 Å². The summed E-state index contributed by atoms with van der Waals surface area (Å²) in [5.74, 6) is 0. The first-order chi connectivity index (χ1) is 7.83. The molecule has 1 fully saturated rings. The zero-order chi connectivity index (χ0) is 13.1. The lowest BCUT2D eigenvalue weighted by atomic mass is 9.91. The molecule has 0 aromatic rings. The van der Waals surface area contributed by atoms with Crippen molar-refractivity contribution in [3.05, 3.63) is 0 Å². The summed E-state index contributed by atoms with van der Waals surface area (Å²) in [6.45, 7) is 0. The van der Waals surface area contributed by atoms with E-state index in [1.807, 2.05) is 0 Å². The van der Waals surface area contributed by atoms with E-state index in [9.17, 15) is 13.2 Å². The molecule has 17 heavy (non-hydrogen) atoms. The Kier molecular flexibility index (Phi) is 4.72. The summed E-state index contributed by atoms with van der Waals surface area (Å²) < 4.78 is 27.1. The van der Waals surface area contributed by atoms with Gasteiger partial charge in [0.25, 0.3) is 10.2 Å². The zero-order valence-corrected chi connectivity index (χ0v) is 11.0. The molecule has 0 heterocycles. The van der Waals surface area contributed by atoms with Gasteiger partial charge in [-0.2, -0.15) is 17.4 Å². The van der Waals surface area contributed by atoms with E-state index < -0.39 is 16.2 Å². The van der Waals surface area contributed by atoms with Crippen molar-refractivity contribution >= 4 is 16.2 Å². The van der Waals surface area contributed by atoms with E-state index in [2.05, 4.69) is 10.0 Å². The van der Waals surface area contributed by atoms with Gasteiger partial charge >= 0.3 is 6.03 Å². The first-order valence-corrected chi connectivity index (χ1v) is 7.02. The second-order valence-corrected chi connectivity index (χ2v) is 6.33. The molecule has 2 atom stereocenters. The Morgan fingerprint density at radius 1 is 1.24 bits per heavy atom. The first kappa shape index (κ1) is 14.2. The standard InChI is InChI=1S/C9H20N4O3S/c1-13(2)17(15,16)12-8-6-4-3-5-7(8)11-9(10)14/h7-8,12H,3-6H2,1-2H3,(H3,10,11,14)/t7-,8-/m1/s1. The summed E-state index contributed by atoms with van der Waals surface area (Å²) in [5.41, 5.74) is 5.07. The predicted molar refractivity (Wildman–Crippen MR) is 64.5 cm³/mol. The smallest absolute Gasteiger partial charge is 0.312 e. The van der Waals surface area contributed by atoms with Crippen LogP contribution in [0, 0.1) is 0 Å². The van der Waals surface area contributed by atoms with Crippen molar-refractivity contribution in [1.29, 1.82) is 0 Å². The van der Waals surface area contributed by atoms with Crippen LogP contribution in [0.15, 0.2) is 0 Å². The lowest BCUT2D eigenvalue weighted by molar-refractivity contribution is 0.235. The lowest BCUT2D eigenvalue weighted by Gasteiger charge is -2.32. The number of nitrogens with zero attached hydrogens (tertiary/aromatic N) is 1. The highest BCUT2D eigenvalue weighted by Gasteiger charge is 2.30. The Bertz CT molecular complexity index is 368. The number of hydrogen-bond donors (Lipinski definition) is 3. The highest BCUT2D eigenvalue weighted by atomic mass is 32.2. The van der Waals surface area contributed by atoms with Gasteiger partial charge in [-0.3, -0.25) is 0 Å². The van der Waals surface area contributed by atoms with Crippen LogP contribution in [0.2, 0.25) is 0 Å². The Morgan fingerprint density at radius 3 is 2.24 bits per heavy atom. The molecule has 1 saturated carbocycles. The predicted octanol–water partition coefficient (Wildman–Crippen LogP) is -0.638. The van der Waals surface area contributed by atoms with Crippen LogP contribution >= 0.6 is 0 Å². The Hall–Kier alpha value is -0.860. The van der Waals surface area contributed by atoms with Crippen molar-refractivity contribution in [3.8, 4) is 0 Å². The average molecular weight is 264 g/mol. The molecule has 8 heteroatoms. The van der Waals surface area contributed by atoms with E-state index in [-0.39, 0.29) is 12.1 Å². The number of amides is 2. The van der Waals surface area contributed by atoms with Gasteiger partial charge < -0.3 is 11.1 Å². The molecular formula is C9H20N4O3S. The monoisotopic (exact) mass is 264 g/mol. The average Bonchev–Trinajstić information content (AvgIpc) is 2.19. The van der Waals surface area contributed by atoms with Crippen LogP contribution < -0.4 is 15.8 Å². The Labute approximate surface area is 102 Å². The summed E-state index contributed by atoms with van der Waals surface area (Å²) >= 11 is 0. The molecule has 0 unspecified atom stereocenters. The molecule has 0 aromatic carbocycles. The van der Waals surface area contributed by atoms with Crippen LogP contribution in [0.4, 0.5) is 4.79 Å². The second kappa shape index (κ2) is 5.65. The maximum Gasteiger partial charge on any atom is 0.312 e. The van der Waals surface area contributed by atoms with Crippen LogP contribution in [0.5, 0.6) is 0 Å². The number of rotatable bonds is 4. The number of nitrogens with two attached hydrogens (primary N) is 1. The topological polar surface area (TPSA) is 105 Å². The molecule has 0 radical (unpaired) electrons. The lowest BCUT2D eigenvalue weighted by Crippen LogP contribution is -2.55. The van der Waals surface area contributed by atoms with Gasteiger partial charge in [-0.15, -0.1) is 0 Å². The van der Waals surface area contributed by atoms with Gasteiger partial charge in [-0.05, 0) is 12.8 Å². The molecule has 0 aliphatic heterocycles. The highest BCUT2D eigenvalue weighted by molar-refractivity contribution is 7.87. The minimum Gasteiger partial charge on any atom is -0.352 e. The molecule has 100 valence electrons. The van der Waals surface area contributed by atoms with Crippen molar-refractivity contribution in [3.63, 3.8) is 0 Å². The molecule has 7 nitrogen and oxygen atoms in total. The Balaban J connectivity index is 2.69. The third kappa shape index (κ3) is 4.14. The van der Waals surface area contributed by atoms with E-state index in [0.29, 0.717) is 6.42 Å². The molecular weight excluding hydrogens is 244 g/mol. The minimum atomic E-state index is -3.48. The van der Waals surface area contributed by atoms with Crippen LogP contribution in [0.1, 0.15) is 25.7 Å². The number of urea groups is 1. The van der Waals surface area contributed by atoms with Gasteiger partial charge in [-0.1, -0.05) is 12.8 Å². The quantitative estimate of drug-likeness (QED) is 0.629.